The van der Waals surface area contributed by atoms with Gasteiger partial charge in [0.15, 0.2) is 0 Å². The fraction of sp³-hybridized carbons (Fsp3) is 0.917. The monoisotopic (exact) mass is 228 g/mol. The highest BCUT2D eigenvalue weighted by Crippen LogP contribution is 2.16. The van der Waals surface area contributed by atoms with E-state index in [1.807, 2.05) is 11.8 Å². The molecular weight excluding hydrogens is 204 g/mol. The summed E-state index contributed by atoms with van der Waals surface area (Å²) >= 11 is 0. The lowest BCUT2D eigenvalue weighted by Crippen LogP contribution is -2.58. The van der Waals surface area contributed by atoms with Gasteiger partial charge in [0.25, 0.3) is 0 Å². The number of ether oxygens (including phenoxy) is 1. The van der Waals surface area contributed by atoms with Gasteiger partial charge in [0.1, 0.15) is 0 Å². The zero-order valence-corrected chi connectivity index (χ0v) is 10.9. The Labute approximate surface area is 98.5 Å². The topological polar surface area (TPSA) is 32.8 Å². The van der Waals surface area contributed by atoms with Crippen LogP contribution in [0.15, 0.2) is 0 Å². The lowest BCUT2D eigenvalue weighted by Gasteiger charge is -2.43. The van der Waals surface area contributed by atoms with Crippen LogP contribution in [0, 0.1) is 0 Å². The van der Waals surface area contributed by atoms with Gasteiger partial charge in [-0.05, 0) is 33.7 Å². The fourth-order valence-corrected chi connectivity index (χ4v) is 2.42. The molecule has 0 aromatic carbocycles. The van der Waals surface area contributed by atoms with E-state index < -0.39 is 0 Å². The van der Waals surface area contributed by atoms with E-state index in [0.717, 1.165) is 26.1 Å². The van der Waals surface area contributed by atoms with Crippen LogP contribution in [0.25, 0.3) is 0 Å². The van der Waals surface area contributed by atoms with Crippen molar-refractivity contribution in [3.8, 4) is 0 Å². The first-order chi connectivity index (χ1) is 7.60. The van der Waals surface area contributed by atoms with Gasteiger partial charge in [0.2, 0.25) is 0 Å². The molecule has 16 heavy (non-hydrogen) atoms. The molecule has 4 nitrogen and oxygen atoms in total. The van der Waals surface area contributed by atoms with Crippen molar-refractivity contribution in [3.63, 3.8) is 0 Å². The summed E-state index contributed by atoms with van der Waals surface area (Å²) in [5, 5.41) is 0. The highest BCUT2D eigenvalue weighted by molar-refractivity contribution is 5.67. The second-order valence-electron chi connectivity index (χ2n) is 4.54. The first-order valence-electron chi connectivity index (χ1n) is 6.27. The van der Waals surface area contributed by atoms with Crippen LogP contribution in [0.4, 0.5) is 4.79 Å². The molecule has 2 unspecified atom stereocenters. The van der Waals surface area contributed by atoms with Gasteiger partial charge in [0, 0.05) is 25.2 Å². The van der Waals surface area contributed by atoms with Gasteiger partial charge < -0.3 is 9.64 Å². The number of carbonyl (C=O) groups is 1. The number of hydrogen-bond donors (Lipinski definition) is 0. The molecule has 0 N–H and O–H groups in total. The molecule has 0 spiro atoms. The maximum atomic E-state index is 11.6. The van der Waals surface area contributed by atoms with Crippen molar-refractivity contribution in [2.75, 3.05) is 26.2 Å². The van der Waals surface area contributed by atoms with Crippen molar-refractivity contribution in [3.05, 3.63) is 0 Å². The second kappa shape index (κ2) is 6.09. The van der Waals surface area contributed by atoms with Gasteiger partial charge >= 0.3 is 6.09 Å². The summed E-state index contributed by atoms with van der Waals surface area (Å²) in [7, 11) is 0. The van der Waals surface area contributed by atoms with Crippen molar-refractivity contribution >= 4 is 6.09 Å². The Balaban J connectivity index is 2.54. The van der Waals surface area contributed by atoms with E-state index in [2.05, 4.69) is 25.7 Å². The van der Waals surface area contributed by atoms with Crippen LogP contribution in [0.3, 0.4) is 0 Å². The smallest absolute Gasteiger partial charge is 0.409 e. The van der Waals surface area contributed by atoms with E-state index >= 15 is 0 Å². The van der Waals surface area contributed by atoms with Crippen LogP contribution >= 0.6 is 0 Å². The van der Waals surface area contributed by atoms with Crippen molar-refractivity contribution in [2.24, 2.45) is 0 Å². The van der Waals surface area contributed by atoms with Crippen molar-refractivity contribution in [2.45, 2.75) is 46.2 Å². The van der Waals surface area contributed by atoms with Crippen molar-refractivity contribution < 1.29 is 9.53 Å². The van der Waals surface area contributed by atoms with E-state index in [-0.39, 0.29) is 6.09 Å². The fourth-order valence-electron chi connectivity index (χ4n) is 2.42. The molecule has 4 heteroatoms. The van der Waals surface area contributed by atoms with Gasteiger partial charge in [-0.25, -0.2) is 4.79 Å². The highest BCUT2D eigenvalue weighted by atomic mass is 16.6. The molecule has 1 rings (SSSR count). The van der Waals surface area contributed by atoms with Gasteiger partial charge in [0.05, 0.1) is 6.61 Å². The summed E-state index contributed by atoms with van der Waals surface area (Å²) in [5.74, 6) is 0. The number of piperazine rings is 1. The third-order valence-corrected chi connectivity index (χ3v) is 3.11. The van der Waals surface area contributed by atoms with Crippen LogP contribution in [0.1, 0.15) is 34.1 Å². The number of hydrogen-bond acceptors (Lipinski definition) is 3. The molecule has 1 heterocycles. The Morgan fingerprint density at radius 3 is 2.25 bits per heavy atom. The van der Waals surface area contributed by atoms with E-state index in [1.165, 1.54) is 0 Å². The Kier molecular flexibility index (Phi) is 5.06. The average molecular weight is 228 g/mol. The first-order valence-corrected chi connectivity index (χ1v) is 6.27. The molecule has 1 aliphatic heterocycles. The predicted molar refractivity (Wildman–Crippen MR) is 64.5 cm³/mol. The molecule has 0 aliphatic carbocycles. The Hall–Kier alpha value is -0.770. The summed E-state index contributed by atoms with van der Waals surface area (Å²) in [5.41, 5.74) is 0. The van der Waals surface area contributed by atoms with Crippen molar-refractivity contribution in [1.29, 1.82) is 0 Å². The summed E-state index contributed by atoms with van der Waals surface area (Å²) in [6.07, 6.45) is 0.992. The average Bonchev–Trinajstić information content (AvgIpc) is 2.23. The molecule has 1 fully saturated rings. The molecule has 0 radical (unpaired) electrons. The molecule has 0 saturated carbocycles. The normalized spacial score (nSPS) is 26.9. The lowest BCUT2D eigenvalue weighted by atomic mass is 10.1. The molecular formula is C12H24N2O2. The van der Waals surface area contributed by atoms with E-state index in [0.29, 0.717) is 18.7 Å². The Bertz CT molecular complexity index is 221. The zero-order chi connectivity index (χ0) is 12.1. The summed E-state index contributed by atoms with van der Waals surface area (Å²) < 4.78 is 5.04. The van der Waals surface area contributed by atoms with E-state index in [4.69, 9.17) is 4.74 Å². The molecule has 0 aromatic rings. The molecule has 94 valence electrons. The quantitative estimate of drug-likeness (QED) is 0.740. The molecule has 0 bridgehead atoms. The van der Waals surface area contributed by atoms with Crippen molar-refractivity contribution in [1.82, 2.24) is 9.80 Å². The van der Waals surface area contributed by atoms with Crippen LogP contribution in [-0.2, 0) is 4.74 Å². The SMILES string of the molecule is CCCN1C(C)CN(C(=O)OCC)CC1C. The van der Waals surface area contributed by atoms with E-state index in [1.54, 1.807) is 0 Å². The third kappa shape index (κ3) is 3.11. The first kappa shape index (κ1) is 13.3. The Morgan fingerprint density at radius 2 is 1.81 bits per heavy atom. The standard InChI is InChI=1S/C12H24N2O2/c1-5-7-14-10(3)8-13(9-11(14)4)12(15)16-6-2/h10-11H,5-9H2,1-4H3. The van der Waals surface area contributed by atoms with Crippen LogP contribution in [0.5, 0.6) is 0 Å². The second-order valence-corrected chi connectivity index (χ2v) is 4.54. The largest absolute Gasteiger partial charge is 0.450 e. The van der Waals surface area contributed by atoms with Crippen LogP contribution < -0.4 is 0 Å². The molecule has 1 aliphatic rings. The Morgan fingerprint density at radius 1 is 1.25 bits per heavy atom. The summed E-state index contributed by atoms with van der Waals surface area (Å²) in [4.78, 5) is 15.9. The predicted octanol–water partition coefficient (Wildman–Crippen LogP) is 1.95. The summed E-state index contributed by atoms with van der Waals surface area (Å²) in [6, 6.07) is 0.848. The molecule has 1 saturated heterocycles. The number of rotatable bonds is 3. The minimum absolute atomic E-state index is 0.169. The van der Waals surface area contributed by atoms with Gasteiger partial charge in [-0.15, -0.1) is 0 Å². The minimum atomic E-state index is -0.169. The zero-order valence-electron chi connectivity index (χ0n) is 10.9. The summed E-state index contributed by atoms with van der Waals surface area (Å²) in [6.45, 7) is 11.5. The molecule has 0 aromatic heterocycles. The minimum Gasteiger partial charge on any atom is -0.450 e. The lowest BCUT2D eigenvalue weighted by molar-refractivity contribution is 0.0291. The van der Waals surface area contributed by atoms with Gasteiger partial charge in [-0.2, -0.15) is 0 Å². The number of nitrogens with zero attached hydrogens (tertiary/aromatic N) is 2. The molecule has 1 amide bonds. The van der Waals surface area contributed by atoms with Gasteiger partial charge in [-0.3, -0.25) is 4.90 Å². The van der Waals surface area contributed by atoms with Crippen LogP contribution in [-0.4, -0.2) is 54.2 Å². The molecule has 2 atom stereocenters. The van der Waals surface area contributed by atoms with Crippen LogP contribution in [0.2, 0.25) is 0 Å². The van der Waals surface area contributed by atoms with E-state index in [9.17, 15) is 4.79 Å². The highest BCUT2D eigenvalue weighted by Gasteiger charge is 2.31. The number of amides is 1. The maximum Gasteiger partial charge on any atom is 0.409 e. The maximum absolute atomic E-state index is 11.6. The van der Waals surface area contributed by atoms with Gasteiger partial charge in [-0.1, -0.05) is 6.92 Å². The third-order valence-electron chi connectivity index (χ3n) is 3.11. The number of carbonyl (C=O) groups excluding carboxylic acids is 1.